The molecule has 1 aromatic carbocycles. The van der Waals surface area contributed by atoms with E-state index in [1.54, 1.807) is 29.0 Å². The fourth-order valence-corrected chi connectivity index (χ4v) is 2.84. The van der Waals surface area contributed by atoms with Gasteiger partial charge in [0.2, 0.25) is 5.95 Å². The molecule has 0 saturated carbocycles. The molecule has 10 nitrogen and oxygen atoms in total. The molecular weight excluding hydrogens is 366 g/mol. The highest BCUT2D eigenvalue weighted by Crippen LogP contribution is 2.14. The lowest BCUT2D eigenvalue weighted by Gasteiger charge is -2.06. The normalized spacial score (nSPS) is 11.0. The van der Waals surface area contributed by atoms with E-state index in [0.717, 1.165) is 5.56 Å². The Morgan fingerprint density at radius 2 is 1.75 bits per heavy atom. The van der Waals surface area contributed by atoms with Crippen molar-refractivity contribution in [3.8, 4) is 5.95 Å². The number of hydrogen-bond acceptors (Lipinski definition) is 5. The first-order valence-corrected chi connectivity index (χ1v) is 8.12. The molecule has 10 heteroatoms. The van der Waals surface area contributed by atoms with Crippen LogP contribution < -0.4 is 5.56 Å². The summed E-state index contributed by atoms with van der Waals surface area (Å²) >= 11 is 0. The summed E-state index contributed by atoms with van der Waals surface area (Å²) in [5, 5.41) is 21.8. The van der Waals surface area contributed by atoms with Gasteiger partial charge >= 0.3 is 11.9 Å². The number of fused-ring (bicyclic) bond motifs is 1. The van der Waals surface area contributed by atoms with E-state index in [9.17, 15) is 14.4 Å². The Balaban J connectivity index is 1.69. The van der Waals surface area contributed by atoms with Gasteiger partial charge in [0.15, 0.2) is 0 Å². The monoisotopic (exact) mass is 379 g/mol. The molecule has 0 radical (unpaired) electrons. The molecule has 0 aliphatic carbocycles. The first-order valence-electron chi connectivity index (χ1n) is 8.12. The van der Waals surface area contributed by atoms with Crippen molar-refractivity contribution in [1.29, 1.82) is 0 Å². The average Bonchev–Trinajstić information content (AvgIpc) is 3.30. The Morgan fingerprint density at radius 3 is 2.39 bits per heavy atom. The SMILES string of the molecule is O=C(O)c1ccc(Cn2ccc3nc(-n4cc(C(=O)O)cn4)[nH]c(=O)c32)cc1. The maximum Gasteiger partial charge on any atom is 0.338 e. The number of rotatable bonds is 5. The third kappa shape index (κ3) is 3.03. The van der Waals surface area contributed by atoms with Gasteiger partial charge in [-0.2, -0.15) is 5.10 Å². The minimum Gasteiger partial charge on any atom is -0.478 e. The second kappa shape index (κ2) is 6.50. The second-order valence-electron chi connectivity index (χ2n) is 6.05. The van der Waals surface area contributed by atoms with Crippen LogP contribution in [0, 0.1) is 0 Å². The Bertz CT molecular complexity index is 1270. The Labute approximate surface area is 156 Å². The topological polar surface area (TPSA) is 143 Å². The predicted octanol–water partition coefficient (Wildman–Crippen LogP) is 1.35. The first kappa shape index (κ1) is 17.2. The zero-order valence-electron chi connectivity index (χ0n) is 14.2. The molecule has 28 heavy (non-hydrogen) atoms. The molecule has 0 fully saturated rings. The zero-order chi connectivity index (χ0) is 19.8. The molecule has 4 rings (SSSR count). The molecular formula is C18H13N5O5. The number of nitrogens with one attached hydrogen (secondary N) is 1. The van der Waals surface area contributed by atoms with E-state index < -0.39 is 17.5 Å². The number of carbonyl (C=O) groups is 2. The van der Waals surface area contributed by atoms with E-state index >= 15 is 0 Å². The second-order valence-corrected chi connectivity index (χ2v) is 6.05. The van der Waals surface area contributed by atoms with Gasteiger partial charge in [-0.05, 0) is 23.8 Å². The molecule has 140 valence electrons. The van der Waals surface area contributed by atoms with Gasteiger partial charge in [-0.25, -0.2) is 19.3 Å². The first-order chi connectivity index (χ1) is 13.4. The average molecular weight is 379 g/mol. The van der Waals surface area contributed by atoms with Crippen LogP contribution in [0.1, 0.15) is 26.3 Å². The molecule has 0 aliphatic heterocycles. The molecule has 0 unspecified atom stereocenters. The van der Waals surface area contributed by atoms with Crippen molar-refractivity contribution < 1.29 is 19.8 Å². The van der Waals surface area contributed by atoms with Crippen molar-refractivity contribution in [3.63, 3.8) is 0 Å². The highest BCUT2D eigenvalue weighted by Gasteiger charge is 2.13. The number of aromatic nitrogens is 5. The van der Waals surface area contributed by atoms with Gasteiger partial charge < -0.3 is 14.8 Å². The van der Waals surface area contributed by atoms with Crippen LogP contribution in [-0.2, 0) is 6.54 Å². The lowest BCUT2D eigenvalue weighted by atomic mass is 10.1. The number of aromatic amines is 1. The fraction of sp³-hybridized carbons (Fsp3) is 0.0556. The summed E-state index contributed by atoms with van der Waals surface area (Å²) in [6.45, 7) is 0.360. The number of carboxylic acid groups (broad SMARTS) is 2. The highest BCUT2D eigenvalue weighted by atomic mass is 16.4. The summed E-state index contributed by atoms with van der Waals surface area (Å²) < 4.78 is 2.89. The van der Waals surface area contributed by atoms with E-state index in [-0.39, 0.29) is 17.1 Å². The van der Waals surface area contributed by atoms with Crippen LogP contribution in [0.3, 0.4) is 0 Å². The van der Waals surface area contributed by atoms with E-state index in [0.29, 0.717) is 17.6 Å². The van der Waals surface area contributed by atoms with Crippen LogP contribution in [0.2, 0.25) is 0 Å². The summed E-state index contributed by atoms with van der Waals surface area (Å²) in [7, 11) is 0. The van der Waals surface area contributed by atoms with Gasteiger partial charge in [0, 0.05) is 18.9 Å². The Hall–Kier alpha value is -4.21. The molecule has 0 aliphatic rings. The molecule has 3 heterocycles. The van der Waals surface area contributed by atoms with Crippen molar-refractivity contribution in [1.82, 2.24) is 24.3 Å². The van der Waals surface area contributed by atoms with Crippen molar-refractivity contribution in [2.24, 2.45) is 0 Å². The molecule has 3 aromatic heterocycles. The molecule has 0 bridgehead atoms. The molecule has 0 amide bonds. The third-order valence-corrected chi connectivity index (χ3v) is 4.21. The Kier molecular flexibility index (Phi) is 4.00. The van der Waals surface area contributed by atoms with Crippen molar-refractivity contribution in [2.75, 3.05) is 0 Å². The third-order valence-electron chi connectivity index (χ3n) is 4.21. The van der Waals surface area contributed by atoms with Gasteiger partial charge in [-0.1, -0.05) is 12.1 Å². The van der Waals surface area contributed by atoms with Gasteiger partial charge in [-0.15, -0.1) is 0 Å². The summed E-state index contributed by atoms with van der Waals surface area (Å²) in [6.07, 6.45) is 4.12. The smallest absolute Gasteiger partial charge is 0.338 e. The molecule has 0 atom stereocenters. The van der Waals surface area contributed by atoms with Crippen LogP contribution in [-0.4, -0.2) is 46.5 Å². The van der Waals surface area contributed by atoms with Gasteiger partial charge in [0.25, 0.3) is 5.56 Å². The number of carboxylic acids is 2. The van der Waals surface area contributed by atoms with Crippen LogP contribution in [0.25, 0.3) is 17.0 Å². The molecule has 4 aromatic rings. The van der Waals surface area contributed by atoms with Crippen molar-refractivity contribution in [3.05, 3.63) is 76.0 Å². The van der Waals surface area contributed by atoms with Crippen molar-refractivity contribution in [2.45, 2.75) is 6.54 Å². The minimum absolute atomic E-state index is 0.0230. The standard InChI is InChI=1S/C18H13N5O5/c24-15-14-13(20-18(21-15)23-9-12(7-19-23)17(27)28)5-6-22(14)8-10-1-3-11(4-2-10)16(25)26/h1-7,9H,8H2,(H,25,26)(H,27,28)(H,20,21,24). The van der Waals surface area contributed by atoms with Crippen molar-refractivity contribution >= 4 is 23.0 Å². The summed E-state index contributed by atoms with van der Waals surface area (Å²) in [5.74, 6) is -2.03. The maximum atomic E-state index is 12.6. The van der Waals surface area contributed by atoms with E-state index in [1.807, 2.05) is 0 Å². The van der Waals surface area contributed by atoms with E-state index in [4.69, 9.17) is 10.2 Å². The largest absolute Gasteiger partial charge is 0.478 e. The number of nitrogens with zero attached hydrogens (tertiary/aromatic N) is 4. The molecule has 3 N–H and O–H groups in total. The molecule has 0 spiro atoms. The maximum absolute atomic E-state index is 12.6. The Morgan fingerprint density at radius 1 is 1.04 bits per heavy atom. The van der Waals surface area contributed by atoms with Crippen LogP contribution in [0.4, 0.5) is 0 Å². The van der Waals surface area contributed by atoms with Gasteiger partial charge in [0.1, 0.15) is 5.52 Å². The fourth-order valence-electron chi connectivity index (χ4n) is 2.84. The predicted molar refractivity (Wildman–Crippen MR) is 96.9 cm³/mol. The lowest BCUT2D eigenvalue weighted by molar-refractivity contribution is 0.0686. The number of H-pyrrole nitrogens is 1. The van der Waals surface area contributed by atoms with Crippen LogP contribution >= 0.6 is 0 Å². The summed E-state index contributed by atoms with van der Waals surface area (Å²) in [6, 6.07) is 8.04. The van der Waals surface area contributed by atoms with Crippen LogP contribution in [0.15, 0.2) is 53.7 Å². The van der Waals surface area contributed by atoms with E-state index in [1.165, 1.54) is 29.2 Å². The minimum atomic E-state index is -1.13. The van der Waals surface area contributed by atoms with Crippen LogP contribution in [0.5, 0.6) is 0 Å². The summed E-state index contributed by atoms with van der Waals surface area (Å²) in [5.41, 5.74) is 1.35. The highest BCUT2D eigenvalue weighted by molar-refractivity contribution is 5.87. The zero-order valence-corrected chi connectivity index (χ0v) is 14.2. The number of hydrogen-bond donors (Lipinski definition) is 3. The summed E-state index contributed by atoms with van der Waals surface area (Å²) in [4.78, 5) is 41.4. The molecule has 0 saturated heterocycles. The van der Waals surface area contributed by atoms with Gasteiger partial charge in [-0.3, -0.25) is 9.78 Å². The number of benzene rings is 1. The van der Waals surface area contributed by atoms with Gasteiger partial charge in [0.05, 0.1) is 22.8 Å². The lowest BCUT2D eigenvalue weighted by Crippen LogP contribution is -2.16. The van der Waals surface area contributed by atoms with E-state index in [2.05, 4.69) is 15.1 Å². The quantitative estimate of drug-likeness (QED) is 0.475. The number of aromatic carboxylic acids is 2.